The van der Waals surface area contributed by atoms with Crippen molar-refractivity contribution in [2.45, 2.75) is 20.8 Å². The van der Waals surface area contributed by atoms with E-state index in [0.717, 1.165) is 0 Å². The average Bonchev–Trinajstić information content (AvgIpc) is 1.80. The molecule has 0 nitrogen and oxygen atoms in total. The van der Waals surface area contributed by atoms with Gasteiger partial charge in [-0.3, -0.25) is 0 Å². The van der Waals surface area contributed by atoms with Crippen molar-refractivity contribution in [2.24, 2.45) is 5.41 Å². The van der Waals surface area contributed by atoms with Gasteiger partial charge in [0.15, 0.2) is 0 Å². The summed E-state index contributed by atoms with van der Waals surface area (Å²) in [5, 5.41) is 1.86. The third-order valence-electron chi connectivity index (χ3n) is 1.25. The van der Waals surface area contributed by atoms with E-state index in [2.05, 4.69) is 62.1 Å². The van der Waals surface area contributed by atoms with Crippen molar-refractivity contribution in [3.8, 4) is 0 Å². The largest absolute Gasteiger partial charge is 0.151 e. The predicted octanol–water partition coefficient (Wildman–Crippen LogP) is 3.79. The molecule has 0 spiro atoms. The molecular weight excluding hydrogens is 255 g/mol. The van der Waals surface area contributed by atoms with Gasteiger partial charge in [0.25, 0.3) is 0 Å². The highest BCUT2D eigenvalue weighted by molar-refractivity contribution is 14.1. The molecule has 0 aliphatic heterocycles. The molecule has 0 heterocycles. The van der Waals surface area contributed by atoms with E-state index in [4.69, 9.17) is 0 Å². The number of thiol groups is 1. The zero-order valence-electron chi connectivity index (χ0n) is 6.56. The van der Waals surface area contributed by atoms with Crippen molar-refractivity contribution < 1.29 is 0 Å². The summed E-state index contributed by atoms with van der Waals surface area (Å²) >= 11 is 6.34. The van der Waals surface area contributed by atoms with E-state index in [0.29, 0.717) is 0 Å². The molecule has 0 saturated carbocycles. The summed E-state index contributed by atoms with van der Waals surface area (Å²) in [6.45, 7) is 6.52. The summed E-state index contributed by atoms with van der Waals surface area (Å²) in [6.07, 6.45) is 2.08. The van der Waals surface area contributed by atoms with Crippen LogP contribution in [0.3, 0.4) is 0 Å². The lowest BCUT2D eigenvalue weighted by molar-refractivity contribution is 0.518. The van der Waals surface area contributed by atoms with E-state index in [9.17, 15) is 0 Å². The van der Waals surface area contributed by atoms with Gasteiger partial charge < -0.3 is 0 Å². The Labute approximate surface area is 82.3 Å². The van der Waals surface area contributed by atoms with Crippen LogP contribution in [0.1, 0.15) is 20.8 Å². The van der Waals surface area contributed by atoms with Crippen LogP contribution in [-0.2, 0) is 0 Å². The molecule has 0 aromatic rings. The van der Waals surface area contributed by atoms with Gasteiger partial charge >= 0.3 is 0 Å². The Kier molecular flexibility index (Phi) is 4.69. The highest BCUT2D eigenvalue weighted by atomic mass is 127. The molecular formula is C8H13IS. The van der Waals surface area contributed by atoms with Crippen LogP contribution in [0.2, 0.25) is 0 Å². The number of hydrogen-bond donors (Lipinski definition) is 1. The van der Waals surface area contributed by atoms with Gasteiger partial charge in [-0.15, -0.1) is 0 Å². The molecule has 2 heteroatoms. The van der Waals surface area contributed by atoms with Gasteiger partial charge in [-0.2, -0.15) is 12.6 Å². The quantitative estimate of drug-likeness (QED) is 0.417. The summed E-state index contributed by atoms with van der Waals surface area (Å²) < 4.78 is 2.01. The fourth-order valence-electron chi connectivity index (χ4n) is 0.555. The predicted molar refractivity (Wildman–Crippen MR) is 59.7 cm³/mol. The molecule has 0 aromatic carbocycles. The first-order chi connectivity index (χ1) is 4.52. The summed E-state index contributed by atoms with van der Waals surface area (Å²) in [7, 11) is 0. The minimum atomic E-state index is 0.212. The summed E-state index contributed by atoms with van der Waals surface area (Å²) in [5.41, 5.74) is 1.47. The Bertz CT molecular complexity index is 151. The first-order valence-electron chi connectivity index (χ1n) is 3.14. The van der Waals surface area contributed by atoms with E-state index in [1.807, 2.05) is 9.49 Å². The third kappa shape index (κ3) is 3.66. The van der Waals surface area contributed by atoms with Crippen molar-refractivity contribution in [1.29, 1.82) is 0 Å². The first-order valence-corrected chi connectivity index (χ1v) is 4.90. The fraction of sp³-hybridized carbons (Fsp3) is 0.500. The highest BCUT2D eigenvalue weighted by Gasteiger charge is 2.12. The molecule has 0 radical (unpaired) electrons. The molecule has 0 atom stereocenters. The summed E-state index contributed by atoms with van der Waals surface area (Å²) in [5.74, 6) is 0. The van der Waals surface area contributed by atoms with Crippen LogP contribution in [0.4, 0.5) is 0 Å². The van der Waals surface area contributed by atoms with Crippen molar-refractivity contribution in [1.82, 2.24) is 0 Å². The molecule has 0 aliphatic rings. The van der Waals surface area contributed by atoms with Crippen molar-refractivity contribution in [2.75, 3.05) is 0 Å². The normalized spacial score (nSPS) is 14.7. The van der Waals surface area contributed by atoms with Crippen LogP contribution in [0.15, 0.2) is 21.1 Å². The third-order valence-corrected chi connectivity index (χ3v) is 1.89. The van der Waals surface area contributed by atoms with Crippen molar-refractivity contribution in [3.05, 3.63) is 21.1 Å². The molecule has 0 N–H and O–H groups in total. The molecule has 0 saturated heterocycles. The average molecular weight is 268 g/mol. The van der Waals surface area contributed by atoms with E-state index < -0.39 is 0 Å². The summed E-state index contributed by atoms with van der Waals surface area (Å²) in [6, 6.07) is 0. The molecule has 0 aromatic heterocycles. The Morgan fingerprint density at radius 2 is 1.90 bits per heavy atom. The van der Waals surface area contributed by atoms with E-state index in [1.165, 1.54) is 5.57 Å². The standard InChI is InChI=1S/C8H13IS/c1-8(2,3)7(6-10)4-5-9/h4-6,10H,1-3H3/b5-4-,7-6+. The molecule has 0 unspecified atom stereocenters. The van der Waals surface area contributed by atoms with Crippen LogP contribution in [0.25, 0.3) is 0 Å². The Morgan fingerprint density at radius 1 is 1.40 bits per heavy atom. The number of hydrogen-bond acceptors (Lipinski definition) is 1. The van der Waals surface area contributed by atoms with Crippen LogP contribution < -0.4 is 0 Å². The molecule has 0 rings (SSSR count). The minimum absolute atomic E-state index is 0.212. The maximum Gasteiger partial charge on any atom is -0.0127 e. The van der Waals surface area contributed by atoms with Crippen LogP contribution in [0.5, 0.6) is 0 Å². The fourth-order valence-corrected chi connectivity index (χ4v) is 1.42. The van der Waals surface area contributed by atoms with Crippen LogP contribution >= 0.6 is 35.2 Å². The molecule has 0 aliphatic carbocycles. The molecule has 0 fully saturated rings. The van der Waals surface area contributed by atoms with Crippen LogP contribution in [0, 0.1) is 5.41 Å². The molecule has 10 heavy (non-hydrogen) atoms. The van der Waals surface area contributed by atoms with E-state index >= 15 is 0 Å². The first kappa shape index (κ1) is 10.6. The van der Waals surface area contributed by atoms with Gasteiger partial charge in [-0.25, -0.2) is 0 Å². The van der Waals surface area contributed by atoms with Crippen molar-refractivity contribution in [3.63, 3.8) is 0 Å². The number of rotatable bonds is 1. The molecule has 0 amide bonds. The van der Waals surface area contributed by atoms with Crippen LogP contribution in [-0.4, -0.2) is 0 Å². The zero-order valence-corrected chi connectivity index (χ0v) is 9.61. The monoisotopic (exact) mass is 268 g/mol. The maximum absolute atomic E-state index is 4.13. The van der Waals surface area contributed by atoms with Gasteiger partial charge in [0.2, 0.25) is 0 Å². The van der Waals surface area contributed by atoms with Gasteiger partial charge in [-0.05, 0) is 20.5 Å². The van der Waals surface area contributed by atoms with E-state index in [1.54, 1.807) is 0 Å². The zero-order chi connectivity index (χ0) is 8.20. The second-order valence-corrected chi connectivity index (χ2v) is 4.10. The molecule has 0 bridgehead atoms. The van der Waals surface area contributed by atoms with Crippen molar-refractivity contribution >= 4 is 35.2 Å². The smallest absolute Gasteiger partial charge is 0.0127 e. The Balaban J connectivity index is 4.39. The SMILES string of the molecule is CC(C)(C)C(/C=C\I)=C/S. The lowest BCUT2D eigenvalue weighted by atomic mass is 9.88. The second kappa shape index (κ2) is 4.44. The highest BCUT2D eigenvalue weighted by Crippen LogP contribution is 2.26. The maximum atomic E-state index is 4.13. The van der Waals surface area contributed by atoms with Gasteiger partial charge in [0, 0.05) is 0 Å². The molecule has 58 valence electrons. The number of halogens is 1. The van der Waals surface area contributed by atoms with Gasteiger partial charge in [0.05, 0.1) is 0 Å². The lowest BCUT2D eigenvalue weighted by Gasteiger charge is -2.18. The Hall–Kier alpha value is 0.560. The minimum Gasteiger partial charge on any atom is -0.151 e. The summed E-state index contributed by atoms with van der Waals surface area (Å²) in [4.78, 5) is 0. The Morgan fingerprint density at radius 3 is 2.00 bits per heavy atom. The van der Waals surface area contributed by atoms with Gasteiger partial charge in [-0.1, -0.05) is 49.4 Å². The number of allylic oxidation sites excluding steroid dienone is 2. The van der Waals surface area contributed by atoms with E-state index in [-0.39, 0.29) is 5.41 Å². The lowest BCUT2D eigenvalue weighted by Crippen LogP contribution is -2.06. The topological polar surface area (TPSA) is 0 Å². The van der Waals surface area contributed by atoms with Gasteiger partial charge in [0.1, 0.15) is 0 Å². The second-order valence-electron chi connectivity index (χ2n) is 3.13.